The third-order valence-corrected chi connectivity index (χ3v) is 2.77. The van der Waals surface area contributed by atoms with E-state index in [1.54, 1.807) is 0 Å². The van der Waals surface area contributed by atoms with E-state index in [1.165, 1.54) is 18.7 Å². The van der Waals surface area contributed by atoms with E-state index in [-0.39, 0.29) is 18.9 Å². The number of amides is 3. The number of carbonyl (C=O) groups excluding carboxylic acids is 3. The fourth-order valence-electron chi connectivity index (χ4n) is 1.79. The molecule has 3 amide bonds. The zero-order valence-electron chi connectivity index (χ0n) is 9.84. The molecular weight excluding hydrogens is 226 g/mol. The number of hydrogen-bond donors (Lipinski definition) is 3. The van der Waals surface area contributed by atoms with Crippen molar-refractivity contribution in [1.82, 2.24) is 10.2 Å². The first kappa shape index (κ1) is 13.4. The first-order valence-electron chi connectivity index (χ1n) is 5.38. The van der Waals surface area contributed by atoms with Crippen LogP contribution in [-0.2, 0) is 14.4 Å². The van der Waals surface area contributed by atoms with Gasteiger partial charge in [-0.15, -0.1) is 0 Å². The predicted octanol–water partition coefficient (Wildman–Crippen LogP) is -2.04. The van der Waals surface area contributed by atoms with Gasteiger partial charge in [0, 0.05) is 19.9 Å². The average Bonchev–Trinajstić information content (AvgIpc) is 2.60. The van der Waals surface area contributed by atoms with Crippen molar-refractivity contribution in [3.8, 4) is 0 Å². The molecule has 0 aliphatic carbocycles. The molecule has 0 aromatic carbocycles. The van der Waals surface area contributed by atoms with Crippen LogP contribution in [0.2, 0.25) is 0 Å². The summed E-state index contributed by atoms with van der Waals surface area (Å²) in [5.41, 5.74) is 5.02. The Morgan fingerprint density at radius 1 is 1.47 bits per heavy atom. The second-order valence-corrected chi connectivity index (χ2v) is 4.21. The fourth-order valence-corrected chi connectivity index (χ4v) is 1.79. The van der Waals surface area contributed by atoms with Crippen LogP contribution >= 0.6 is 0 Å². The van der Waals surface area contributed by atoms with Gasteiger partial charge in [0.2, 0.25) is 17.7 Å². The lowest BCUT2D eigenvalue weighted by molar-refractivity contribution is -0.137. The number of aliphatic hydroxyl groups is 1. The standard InChI is InChI=1S/C10H17N3O4/c1-5(9(11)16)12-10(17)8-3-7(15)4-13(8)6(2)14/h5,7-8,15H,3-4H2,1-2H3,(H2,11,16)(H,12,17)/t5-,7+,8-/m0/s1. The van der Waals surface area contributed by atoms with Gasteiger partial charge in [0.1, 0.15) is 12.1 Å². The van der Waals surface area contributed by atoms with E-state index in [2.05, 4.69) is 5.32 Å². The molecule has 1 saturated heterocycles. The monoisotopic (exact) mass is 243 g/mol. The Morgan fingerprint density at radius 2 is 2.06 bits per heavy atom. The minimum Gasteiger partial charge on any atom is -0.391 e. The summed E-state index contributed by atoms with van der Waals surface area (Å²) < 4.78 is 0. The maximum Gasteiger partial charge on any atom is 0.243 e. The Balaban J connectivity index is 2.67. The van der Waals surface area contributed by atoms with Crippen molar-refractivity contribution < 1.29 is 19.5 Å². The number of hydrogen-bond acceptors (Lipinski definition) is 4. The first-order chi connectivity index (χ1) is 7.82. The Hall–Kier alpha value is -1.63. The van der Waals surface area contributed by atoms with Gasteiger partial charge in [0.15, 0.2) is 0 Å². The van der Waals surface area contributed by atoms with Crippen molar-refractivity contribution in [2.45, 2.75) is 38.5 Å². The van der Waals surface area contributed by atoms with Crippen LogP contribution in [0.15, 0.2) is 0 Å². The Kier molecular flexibility index (Phi) is 4.06. The highest BCUT2D eigenvalue weighted by Crippen LogP contribution is 2.18. The van der Waals surface area contributed by atoms with Crippen LogP contribution in [0.25, 0.3) is 0 Å². The van der Waals surface area contributed by atoms with E-state index in [9.17, 15) is 19.5 Å². The summed E-state index contributed by atoms with van der Waals surface area (Å²) in [5.74, 6) is -1.40. The molecule has 1 aliphatic heterocycles. The highest BCUT2D eigenvalue weighted by Gasteiger charge is 2.37. The molecule has 0 radical (unpaired) electrons. The summed E-state index contributed by atoms with van der Waals surface area (Å²) >= 11 is 0. The molecule has 0 spiro atoms. The smallest absolute Gasteiger partial charge is 0.243 e. The topological polar surface area (TPSA) is 113 Å². The van der Waals surface area contributed by atoms with Crippen LogP contribution in [0.1, 0.15) is 20.3 Å². The third-order valence-electron chi connectivity index (χ3n) is 2.77. The van der Waals surface area contributed by atoms with E-state index < -0.39 is 30.0 Å². The van der Waals surface area contributed by atoms with E-state index in [0.29, 0.717) is 0 Å². The molecule has 0 aromatic rings. The van der Waals surface area contributed by atoms with E-state index in [0.717, 1.165) is 0 Å². The van der Waals surface area contributed by atoms with Gasteiger partial charge in [-0.25, -0.2) is 0 Å². The summed E-state index contributed by atoms with van der Waals surface area (Å²) in [6.07, 6.45) is -0.532. The van der Waals surface area contributed by atoms with E-state index in [4.69, 9.17) is 5.73 Å². The molecular formula is C10H17N3O4. The van der Waals surface area contributed by atoms with Gasteiger partial charge >= 0.3 is 0 Å². The fraction of sp³-hybridized carbons (Fsp3) is 0.700. The number of nitrogens with two attached hydrogens (primary N) is 1. The van der Waals surface area contributed by atoms with Gasteiger partial charge in [-0.05, 0) is 6.92 Å². The highest BCUT2D eigenvalue weighted by molar-refractivity contribution is 5.91. The van der Waals surface area contributed by atoms with Crippen molar-refractivity contribution in [2.75, 3.05) is 6.54 Å². The molecule has 0 aromatic heterocycles. The largest absolute Gasteiger partial charge is 0.391 e. The zero-order chi connectivity index (χ0) is 13.2. The van der Waals surface area contributed by atoms with Crippen LogP contribution in [0, 0.1) is 0 Å². The molecule has 0 unspecified atom stereocenters. The van der Waals surface area contributed by atoms with Crippen LogP contribution in [0.3, 0.4) is 0 Å². The van der Waals surface area contributed by atoms with Crippen LogP contribution in [0.5, 0.6) is 0 Å². The van der Waals surface area contributed by atoms with Gasteiger partial charge in [0.05, 0.1) is 6.10 Å². The maximum atomic E-state index is 11.8. The van der Waals surface area contributed by atoms with Crippen molar-refractivity contribution in [3.63, 3.8) is 0 Å². The second-order valence-electron chi connectivity index (χ2n) is 4.21. The number of carbonyl (C=O) groups is 3. The molecule has 1 aliphatic rings. The predicted molar refractivity (Wildman–Crippen MR) is 58.6 cm³/mol. The number of aliphatic hydroxyl groups excluding tert-OH is 1. The normalized spacial score (nSPS) is 25.5. The number of nitrogens with zero attached hydrogens (tertiary/aromatic N) is 1. The second kappa shape index (κ2) is 5.13. The van der Waals surface area contributed by atoms with Gasteiger partial charge in [-0.3, -0.25) is 14.4 Å². The number of β-amino-alcohol motifs (C(OH)–C–C–N with tert-alkyl or cyclic N) is 1. The third kappa shape index (κ3) is 3.16. The lowest BCUT2D eigenvalue weighted by atomic mass is 10.1. The summed E-state index contributed by atoms with van der Waals surface area (Å²) in [5, 5.41) is 11.9. The van der Waals surface area contributed by atoms with Gasteiger partial charge in [0.25, 0.3) is 0 Å². The van der Waals surface area contributed by atoms with Crippen LogP contribution < -0.4 is 11.1 Å². The summed E-state index contributed by atoms with van der Waals surface area (Å²) in [6, 6.07) is -1.53. The molecule has 1 heterocycles. The van der Waals surface area contributed by atoms with Gasteiger partial charge < -0.3 is 21.1 Å². The maximum absolute atomic E-state index is 11.8. The minimum absolute atomic E-state index is 0.137. The summed E-state index contributed by atoms with van der Waals surface area (Å²) in [6.45, 7) is 2.93. The number of nitrogens with one attached hydrogen (secondary N) is 1. The van der Waals surface area contributed by atoms with Crippen molar-refractivity contribution in [3.05, 3.63) is 0 Å². The quantitative estimate of drug-likeness (QED) is 0.530. The summed E-state index contributed by atoms with van der Waals surface area (Å²) in [7, 11) is 0. The Labute approximate surface area is 98.9 Å². The molecule has 96 valence electrons. The number of primary amides is 1. The molecule has 0 saturated carbocycles. The van der Waals surface area contributed by atoms with Crippen LogP contribution in [0.4, 0.5) is 0 Å². The Bertz CT molecular complexity index is 344. The first-order valence-corrected chi connectivity index (χ1v) is 5.38. The molecule has 0 bridgehead atoms. The molecule has 4 N–H and O–H groups in total. The SMILES string of the molecule is CC(=O)N1C[C@H](O)C[C@H]1C(=O)N[C@@H](C)C(N)=O. The zero-order valence-corrected chi connectivity index (χ0v) is 9.84. The summed E-state index contributed by atoms with van der Waals surface area (Å²) in [4.78, 5) is 35.2. The van der Waals surface area contributed by atoms with Crippen LogP contribution in [-0.4, -0.2) is 52.5 Å². The van der Waals surface area contributed by atoms with Gasteiger partial charge in [-0.1, -0.05) is 0 Å². The number of rotatable bonds is 3. The molecule has 1 fully saturated rings. The van der Waals surface area contributed by atoms with Crippen molar-refractivity contribution in [2.24, 2.45) is 5.73 Å². The van der Waals surface area contributed by atoms with E-state index in [1.807, 2.05) is 0 Å². The lowest BCUT2D eigenvalue weighted by Crippen LogP contribution is -2.50. The molecule has 3 atom stereocenters. The molecule has 7 nitrogen and oxygen atoms in total. The lowest BCUT2D eigenvalue weighted by Gasteiger charge is -2.23. The molecule has 17 heavy (non-hydrogen) atoms. The van der Waals surface area contributed by atoms with Crippen molar-refractivity contribution in [1.29, 1.82) is 0 Å². The average molecular weight is 243 g/mol. The molecule has 7 heteroatoms. The highest BCUT2D eigenvalue weighted by atomic mass is 16.3. The number of likely N-dealkylation sites (tertiary alicyclic amines) is 1. The van der Waals surface area contributed by atoms with Gasteiger partial charge in [-0.2, -0.15) is 0 Å². The van der Waals surface area contributed by atoms with E-state index >= 15 is 0 Å². The minimum atomic E-state index is -0.797. The van der Waals surface area contributed by atoms with Crippen molar-refractivity contribution >= 4 is 17.7 Å². The molecule has 1 rings (SSSR count). The Morgan fingerprint density at radius 3 is 2.53 bits per heavy atom.